The minimum absolute atomic E-state index is 0.0950. The molecule has 1 atom stereocenters. The third kappa shape index (κ3) is 4.31. The van der Waals surface area contributed by atoms with E-state index >= 15 is 0 Å². The first kappa shape index (κ1) is 15.0. The Bertz CT molecular complexity index is 474. The van der Waals surface area contributed by atoms with Gasteiger partial charge in [-0.2, -0.15) is 0 Å². The Labute approximate surface area is 108 Å². The van der Waals surface area contributed by atoms with Crippen molar-refractivity contribution in [2.45, 2.75) is 32.3 Å². The van der Waals surface area contributed by atoms with Crippen LogP contribution in [-0.2, 0) is 15.4 Å². The molecular weight excluding hydrogens is 252 g/mol. The van der Waals surface area contributed by atoms with Crippen molar-refractivity contribution in [1.82, 2.24) is 0 Å². The molecule has 0 amide bonds. The molecule has 102 valence electrons. The van der Waals surface area contributed by atoms with Gasteiger partial charge >= 0.3 is 0 Å². The standard InChI is InChI=1S/C13H20O4S/c1-3-18(16,17)10-4-9-13(2,15)11-5-7-12(14)8-6-11/h5-8,14-15H,3-4,9-10H2,1-2H3. The van der Waals surface area contributed by atoms with E-state index in [0.29, 0.717) is 18.4 Å². The number of phenolic OH excluding ortho intramolecular Hbond substituents is 1. The molecule has 18 heavy (non-hydrogen) atoms. The Kier molecular flexibility index (Phi) is 4.76. The van der Waals surface area contributed by atoms with Crippen LogP contribution >= 0.6 is 0 Å². The number of aromatic hydroxyl groups is 1. The highest BCUT2D eigenvalue weighted by molar-refractivity contribution is 7.91. The lowest BCUT2D eigenvalue weighted by Crippen LogP contribution is -2.22. The summed E-state index contributed by atoms with van der Waals surface area (Å²) in [7, 11) is -2.98. The Balaban J connectivity index is 2.62. The van der Waals surface area contributed by atoms with Crippen molar-refractivity contribution in [2.75, 3.05) is 11.5 Å². The molecule has 2 N–H and O–H groups in total. The minimum Gasteiger partial charge on any atom is -0.508 e. The zero-order valence-electron chi connectivity index (χ0n) is 10.8. The maximum Gasteiger partial charge on any atom is 0.150 e. The molecule has 0 saturated carbocycles. The van der Waals surface area contributed by atoms with E-state index in [9.17, 15) is 18.6 Å². The molecule has 4 nitrogen and oxygen atoms in total. The van der Waals surface area contributed by atoms with Crippen molar-refractivity contribution in [1.29, 1.82) is 0 Å². The van der Waals surface area contributed by atoms with Crippen LogP contribution in [0.5, 0.6) is 5.75 Å². The summed E-state index contributed by atoms with van der Waals surface area (Å²) < 4.78 is 22.7. The zero-order valence-corrected chi connectivity index (χ0v) is 11.6. The van der Waals surface area contributed by atoms with Crippen LogP contribution in [-0.4, -0.2) is 30.1 Å². The highest BCUT2D eigenvalue weighted by Gasteiger charge is 2.23. The van der Waals surface area contributed by atoms with E-state index in [-0.39, 0.29) is 17.3 Å². The van der Waals surface area contributed by atoms with Gasteiger partial charge in [0.2, 0.25) is 0 Å². The zero-order chi connectivity index (χ0) is 13.8. The van der Waals surface area contributed by atoms with Gasteiger partial charge in [-0.05, 0) is 37.5 Å². The molecular formula is C13H20O4S. The fourth-order valence-electron chi connectivity index (χ4n) is 1.75. The molecule has 0 heterocycles. The lowest BCUT2D eigenvalue weighted by molar-refractivity contribution is 0.0471. The van der Waals surface area contributed by atoms with Gasteiger partial charge in [-0.3, -0.25) is 0 Å². The maximum atomic E-state index is 11.4. The highest BCUT2D eigenvalue weighted by atomic mass is 32.2. The number of hydrogen-bond acceptors (Lipinski definition) is 4. The fourth-order valence-corrected chi connectivity index (χ4v) is 2.62. The Morgan fingerprint density at radius 3 is 2.28 bits per heavy atom. The number of benzene rings is 1. The quantitative estimate of drug-likeness (QED) is 0.828. The van der Waals surface area contributed by atoms with Crippen LogP contribution < -0.4 is 0 Å². The largest absolute Gasteiger partial charge is 0.508 e. The minimum atomic E-state index is -2.98. The second kappa shape index (κ2) is 5.71. The van der Waals surface area contributed by atoms with E-state index in [0.717, 1.165) is 0 Å². The molecule has 1 unspecified atom stereocenters. The van der Waals surface area contributed by atoms with Crippen LogP contribution in [0.2, 0.25) is 0 Å². The van der Waals surface area contributed by atoms with Crippen molar-refractivity contribution in [2.24, 2.45) is 0 Å². The first-order valence-corrected chi connectivity index (χ1v) is 7.81. The Morgan fingerprint density at radius 1 is 1.22 bits per heavy atom. The second-order valence-electron chi connectivity index (χ2n) is 4.66. The number of aliphatic hydroxyl groups is 1. The third-order valence-electron chi connectivity index (χ3n) is 3.05. The smallest absolute Gasteiger partial charge is 0.150 e. The average Bonchev–Trinajstić information content (AvgIpc) is 2.29. The molecule has 0 saturated heterocycles. The van der Waals surface area contributed by atoms with E-state index in [1.165, 1.54) is 12.1 Å². The van der Waals surface area contributed by atoms with E-state index in [1.54, 1.807) is 26.0 Å². The van der Waals surface area contributed by atoms with Crippen LogP contribution in [0.25, 0.3) is 0 Å². The summed E-state index contributed by atoms with van der Waals surface area (Å²) in [4.78, 5) is 0. The molecule has 0 aliphatic rings. The molecule has 0 bridgehead atoms. The molecule has 0 aromatic heterocycles. The van der Waals surface area contributed by atoms with Gasteiger partial charge in [-0.1, -0.05) is 19.1 Å². The average molecular weight is 272 g/mol. The van der Waals surface area contributed by atoms with Gasteiger partial charge in [0, 0.05) is 5.75 Å². The summed E-state index contributed by atoms with van der Waals surface area (Å²) in [6.45, 7) is 3.27. The highest BCUT2D eigenvalue weighted by Crippen LogP contribution is 2.27. The SMILES string of the molecule is CCS(=O)(=O)CCCC(C)(O)c1ccc(O)cc1. The fraction of sp³-hybridized carbons (Fsp3) is 0.538. The van der Waals surface area contributed by atoms with Gasteiger partial charge in [0.25, 0.3) is 0 Å². The molecule has 1 rings (SSSR count). The van der Waals surface area contributed by atoms with Crippen LogP contribution in [0.1, 0.15) is 32.3 Å². The molecule has 0 aliphatic carbocycles. The van der Waals surface area contributed by atoms with Crippen molar-refractivity contribution >= 4 is 9.84 Å². The molecule has 1 aromatic rings. The topological polar surface area (TPSA) is 74.6 Å². The molecule has 0 aliphatic heterocycles. The van der Waals surface area contributed by atoms with Crippen molar-refractivity contribution in [3.05, 3.63) is 29.8 Å². The number of phenols is 1. The normalized spacial score (nSPS) is 15.3. The van der Waals surface area contributed by atoms with Crippen molar-refractivity contribution in [3.8, 4) is 5.75 Å². The van der Waals surface area contributed by atoms with Crippen LogP contribution in [0, 0.1) is 0 Å². The summed E-state index contributed by atoms with van der Waals surface area (Å²) in [5.74, 6) is 0.370. The monoisotopic (exact) mass is 272 g/mol. The Morgan fingerprint density at radius 2 is 1.78 bits per heavy atom. The summed E-state index contributed by atoms with van der Waals surface area (Å²) in [6, 6.07) is 6.30. The lowest BCUT2D eigenvalue weighted by atomic mass is 9.91. The van der Waals surface area contributed by atoms with E-state index in [1.807, 2.05) is 0 Å². The summed E-state index contributed by atoms with van der Waals surface area (Å²) in [6.07, 6.45) is 0.793. The van der Waals surface area contributed by atoms with Crippen LogP contribution in [0.3, 0.4) is 0 Å². The predicted molar refractivity (Wildman–Crippen MR) is 71.2 cm³/mol. The summed E-state index contributed by atoms with van der Waals surface area (Å²) in [5.41, 5.74) is -0.397. The molecule has 1 aromatic carbocycles. The lowest BCUT2D eigenvalue weighted by Gasteiger charge is -2.23. The van der Waals surface area contributed by atoms with E-state index in [4.69, 9.17) is 0 Å². The van der Waals surface area contributed by atoms with Crippen molar-refractivity contribution in [3.63, 3.8) is 0 Å². The first-order chi connectivity index (χ1) is 8.27. The molecule has 0 spiro atoms. The first-order valence-electron chi connectivity index (χ1n) is 5.99. The molecule has 0 radical (unpaired) electrons. The van der Waals surface area contributed by atoms with Gasteiger partial charge in [-0.15, -0.1) is 0 Å². The second-order valence-corrected chi connectivity index (χ2v) is 7.13. The van der Waals surface area contributed by atoms with Crippen LogP contribution in [0.15, 0.2) is 24.3 Å². The summed E-state index contributed by atoms with van der Waals surface area (Å²) >= 11 is 0. The number of sulfone groups is 1. The van der Waals surface area contributed by atoms with Crippen LogP contribution in [0.4, 0.5) is 0 Å². The summed E-state index contributed by atoms with van der Waals surface area (Å²) in [5, 5.41) is 19.4. The Hall–Kier alpha value is -1.07. The van der Waals surface area contributed by atoms with E-state index in [2.05, 4.69) is 0 Å². The van der Waals surface area contributed by atoms with Gasteiger partial charge in [0.1, 0.15) is 15.6 Å². The predicted octanol–water partition coefficient (Wildman–Crippen LogP) is 1.81. The number of hydrogen-bond donors (Lipinski definition) is 2. The van der Waals surface area contributed by atoms with Gasteiger partial charge < -0.3 is 10.2 Å². The maximum absolute atomic E-state index is 11.4. The third-order valence-corrected chi connectivity index (χ3v) is 4.84. The van der Waals surface area contributed by atoms with Gasteiger partial charge in [0.05, 0.1) is 11.4 Å². The van der Waals surface area contributed by atoms with Crippen molar-refractivity contribution < 1.29 is 18.6 Å². The van der Waals surface area contributed by atoms with Gasteiger partial charge in [0.15, 0.2) is 0 Å². The molecule has 0 fully saturated rings. The number of rotatable bonds is 6. The molecule has 5 heteroatoms. The van der Waals surface area contributed by atoms with E-state index < -0.39 is 15.4 Å². The van der Waals surface area contributed by atoms with Gasteiger partial charge in [-0.25, -0.2) is 8.42 Å².